The molecule has 1 aromatic carbocycles. The van der Waals surface area contributed by atoms with Crippen molar-refractivity contribution in [3.8, 4) is 0 Å². The summed E-state index contributed by atoms with van der Waals surface area (Å²) in [6.45, 7) is 1.75. The Kier molecular flexibility index (Phi) is 5.05. The minimum atomic E-state index is -0.207. The average Bonchev–Trinajstić information content (AvgIpc) is 2.09. The quantitative estimate of drug-likeness (QED) is 0.894. The Morgan fingerprint density at radius 3 is 2.44 bits per heavy atom. The van der Waals surface area contributed by atoms with Gasteiger partial charge in [0.15, 0.2) is 0 Å². The highest BCUT2D eigenvalue weighted by molar-refractivity contribution is 9.10. The minimum Gasteiger partial charge on any atom is -0.327 e. The molecule has 0 aliphatic carbocycles. The van der Waals surface area contributed by atoms with Gasteiger partial charge in [0.25, 0.3) is 0 Å². The summed E-state index contributed by atoms with van der Waals surface area (Å²) in [5.74, 6) is -0.207. The third kappa shape index (κ3) is 3.94. The van der Waals surface area contributed by atoms with Gasteiger partial charge in [0, 0.05) is 16.9 Å². The van der Waals surface area contributed by atoms with Crippen LogP contribution >= 0.6 is 39.1 Å². The van der Waals surface area contributed by atoms with Crippen LogP contribution in [0.25, 0.3) is 0 Å². The minimum absolute atomic E-state index is 0.201. The van der Waals surface area contributed by atoms with Crippen molar-refractivity contribution in [1.29, 1.82) is 0 Å². The fraction of sp³-hybridized carbons (Fsp3) is 0.300. The molecule has 1 unspecified atom stereocenters. The number of carbonyl (C=O) groups excluding carboxylic acids is 1. The van der Waals surface area contributed by atoms with Crippen molar-refractivity contribution in [1.82, 2.24) is 0 Å². The molecule has 16 heavy (non-hydrogen) atoms. The van der Waals surface area contributed by atoms with Gasteiger partial charge in [0.2, 0.25) is 5.91 Å². The molecule has 3 nitrogen and oxygen atoms in total. The second-order valence-corrected chi connectivity index (χ2v) is 5.20. The molecule has 0 aromatic heterocycles. The Morgan fingerprint density at radius 1 is 1.50 bits per heavy atom. The SMILES string of the molecule is CC(N)CC(=O)Nc1c(Cl)cc(Br)cc1Cl. The van der Waals surface area contributed by atoms with Crippen molar-refractivity contribution >= 4 is 50.7 Å². The highest BCUT2D eigenvalue weighted by atomic mass is 79.9. The number of anilines is 1. The van der Waals surface area contributed by atoms with Gasteiger partial charge in [0.05, 0.1) is 15.7 Å². The Labute approximate surface area is 112 Å². The van der Waals surface area contributed by atoms with Gasteiger partial charge < -0.3 is 11.1 Å². The van der Waals surface area contributed by atoms with Gasteiger partial charge in [0.1, 0.15) is 0 Å². The van der Waals surface area contributed by atoms with Crippen molar-refractivity contribution in [2.45, 2.75) is 19.4 Å². The van der Waals surface area contributed by atoms with Crippen molar-refractivity contribution in [3.63, 3.8) is 0 Å². The smallest absolute Gasteiger partial charge is 0.225 e. The topological polar surface area (TPSA) is 55.1 Å². The lowest BCUT2D eigenvalue weighted by atomic mass is 10.2. The zero-order valence-electron chi connectivity index (χ0n) is 8.56. The molecule has 1 amide bonds. The zero-order chi connectivity index (χ0) is 12.3. The molecule has 0 radical (unpaired) electrons. The zero-order valence-corrected chi connectivity index (χ0v) is 11.7. The van der Waals surface area contributed by atoms with E-state index >= 15 is 0 Å². The molecule has 3 N–H and O–H groups in total. The van der Waals surface area contributed by atoms with Gasteiger partial charge in [-0.05, 0) is 19.1 Å². The number of hydrogen-bond donors (Lipinski definition) is 2. The van der Waals surface area contributed by atoms with Crippen LogP contribution in [0.1, 0.15) is 13.3 Å². The van der Waals surface area contributed by atoms with E-state index in [4.69, 9.17) is 28.9 Å². The number of nitrogens with two attached hydrogens (primary N) is 1. The normalized spacial score (nSPS) is 12.3. The van der Waals surface area contributed by atoms with Crippen LogP contribution in [0.15, 0.2) is 16.6 Å². The Hall–Kier alpha value is -0.290. The van der Waals surface area contributed by atoms with E-state index in [1.54, 1.807) is 19.1 Å². The Bertz CT molecular complexity index is 387. The summed E-state index contributed by atoms with van der Waals surface area (Å²) in [7, 11) is 0. The van der Waals surface area contributed by atoms with Crippen LogP contribution in [0.5, 0.6) is 0 Å². The van der Waals surface area contributed by atoms with E-state index < -0.39 is 0 Å². The summed E-state index contributed by atoms with van der Waals surface area (Å²) in [5.41, 5.74) is 5.93. The average molecular weight is 326 g/mol. The van der Waals surface area contributed by atoms with E-state index in [1.165, 1.54) is 0 Å². The van der Waals surface area contributed by atoms with Crippen LogP contribution in [0.2, 0.25) is 10.0 Å². The van der Waals surface area contributed by atoms with E-state index in [0.717, 1.165) is 4.47 Å². The number of benzene rings is 1. The van der Waals surface area contributed by atoms with E-state index in [1.807, 2.05) is 0 Å². The maximum Gasteiger partial charge on any atom is 0.225 e. The second kappa shape index (κ2) is 5.87. The summed E-state index contributed by atoms with van der Waals surface area (Å²) in [5, 5.41) is 3.41. The summed E-state index contributed by atoms with van der Waals surface area (Å²) in [4.78, 5) is 11.5. The molecule has 0 bridgehead atoms. The van der Waals surface area contributed by atoms with Crippen molar-refractivity contribution < 1.29 is 4.79 Å². The number of nitrogens with one attached hydrogen (secondary N) is 1. The van der Waals surface area contributed by atoms with Crippen LogP contribution in [-0.2, 0) is 4.79 Å². The lowest BCUT2D eigenvalue weighted by Crippen LogP contribution is -2.24. The van der Waals surface area contributed by atoms with Crippen LogP contribution in [-0.4, -0.2) is 11.9 Å². The number of amides is 1. The third-order valence-electron chi connectivity index (χ3n) is 1.78. The number of hydrogen-bond acceptors (Lipinski definition) is 2. The van der Waals surface area contributed by atoms with Crippen LogP contribution in [0, 0.1) is 0 Å². The predicted molar refractivity (Wildman–Crippen MR) is 71.1 cm³/mol. The highest BCUT2D eigenvalue weighted by Crippen LogP contribution is 2.33. The number of carbonyl (C=O) groups is 1. The monoisotopic (exact) mass is 324 g/mol. The molecule has 0 aliphatic rings. The maximum absolute atomic E-state index is 11.5. The molecule has 0 heterocycles. The molecule has 0 saturated heterocycles. The van der Waals surface area contributed by atoms with Gasteiger partial charge >= 0.3 is 0 Å². The Balaban J connectivity index is 2.85. The highest BCUT2D eigenvalue weighted by Gasteiger charge is 2.12. The van der Waals surface area contributed by atoms with Gasteiger partial charge in [-0.25, -0.2) is 0 Å². The first-order valence-electron chi connectivity index (χ1n) is 4.60. The molecule has 1 atom stereocenters. The van der Waals surface area contributed by atoms with E-state index in [-0.39, 0.29) is 18.4 Å². The van der Waals surface area contributed by atoms with Gasteiger partial charge in [-0.1, -0.05) is 39.1 Å². The lowest BCUT2D eigenvalue weighted by molar-refractivity contribution is -0.116. The second-order valence-electron chi connectivity index (χ2n) is 3.47. The van der Waals surface area contributed by atoms with E-state index in [0.29, 0.717) is 15.7 Å². The van der Waals surface area contributed by atoms with Crippen LogP contribution in [0.3, 0.4) is 0 Å². The number of halogens is 3. The third-order valence-corrected chi connectivity index (χ3v) is 2.83. The first kappa shape index (κ1) is 13.8. The molecular weight excluding hydrogens is 315 g/mol. The Morgan fingerprint density at radius 2 is 2.00 bits per heavy atom. The molecule has 0 aliphatic heterocycles. The number of rotatable bonds is 3. The maximum atomic E-state index is 11.5. The molecule has 0 spiro atoms. The van der Waals surface area contributed by atoms with E-state index in [9.17, 15) is 4.79 Å². The predicted octanol–water partition coefficient (Wildman–Crippen LogP) is 3.43. The fourth-order valence-corrected chi connectivity index (χ4v) is 2.45. The molecule has 0 saturated carbocycles. The van der Waals surface area contributed by atoms with Gasteiger partial charge in [-0.2, -0.15) is 0 Å². The van der Waals surface area contributed by atoms with Crippen molar-refractivity contribution in [3.05, 3.63) is 26.7 Å². The van der Waals surface area contributed by atoms with Crippen LogP contribution in [0.4, 0.5) is 5.69 Å². The molecule has 1 aromatic rings. The first-order chi connectivity index (χ1) is 7.40. The lowest BCUT2D eigenvalue weighted by Gasteiger charge is -2.11. The molecule has 88 valence electrons. The van der Waals surface area contributed by atoms with Gasteiger partial charge in [-0.3, -0.25) is 4.79 Å². The summed E-state index contributed by atoms with van der Waals surface area (Å²) < 4.78 is 0.757. The largest absolute Gasteiger partial charge is 0.327 e. The van der Waals surface area contributed by atoms with Crippen molar-refractivity contribution in [2.75, 3.05) is 5.32 Å². The summed E-state index contributed by atoms with van der Waals surface area (Å²) in [6, 6.07) is 3.12. The molecule has 1 rings (SSSR count). The fourth-order valence-electron chi connectivity index (χ4n) is 1.14. The summed E-state index contributed by atoms with van der Waals surface area (Å²) >= 11 is 15.2. The molecular formula is C10H11BrCl2N2O. The van der Waals surface area contributed by atoms with Crippen molar-refractivity contribution in [2.24, 2.45) is 5.73 Å². The molecule has 6 heteroatoms. The first-order valence-corrected chi connectivity index (χ1v) is 6.15. The van der Waals surface area contributed by atoms with Gasteiger partial charge in [-0.15, -0.1) is 0 Å². The van der Waals surface area contributed by atoms with Crippen LogP contribution < -0.4 is 11.1 Å². The standard InChI is InChI=1S/C10H11BrCl2N2O/c1-5(14)2-9(16)15-10-7(12)3-6(11)4-8(10)13/h3-5H,2,14H2,1H3,(H,15,16). The van der Waals surface area contributed by atoms with E-state index in [2.05, 4.69) is 21.2 Å². The summed E-state index contributed by atoms with van der Waals surface area (Å²) in [6.07, 6.45) is 0.225. The molecule has 0 fully saturated rings.